The third kappa shape index (κ3) is 3.81. The third-order valence-electron chi connectivity index (χ3n) is 2.60. The predicted octanol–water partition coefficient (Wildman–Crippen LogP) is 3.86. The van der Waals surface area contributed by atoms with Gasteiger partial charge < -0.3 is 4.74 Å². The number of hydrogen-bond donors (Lipinski definition) is 0. The first-order valence-electron chi connectivity index (χ1n) is 6.08. The highest BCUT2D eigenvalue weighted by molar-refractivity contribution is 7.12. The molecular weight excluding hydrogens is 270 g/mol. The summed E-state index contributed by atoms with van der Waals surface area (Å²) in [7, 11) is 0. The van der Waals surface area contributed by atoms with Gasteiger partial charge in [0.2, 0.25) is 0 Å². The van der Waals surface area contributed by atoms with E-state index in [4.69, 9.17) is 10.00 Å². The largest absolute Gasteiger partial charge is 0.479 e. The zero-order chi connectivity index (χ0) is 14.4. The maximum Gasteiger partial charge on any atom is 0.185 e. The number of ether oxygens (including phenoxy) is 1. The first-order chi connectivity index (χ1) is 9.69. The van der Waals surface area contributed by atoms with E-state index in [-0.39, 0.29) is 12.4 Å². The highest BCUT2D eigenvalue weighted by Crippen LogP contribution is 2.17. The van der Waals surface area contributed by atoms with Crippen molar-refractivity contribution in [1.29, 1.82) is 5.26 Å². The van der Waals surface area contributed by atoms with Crippen molar-refractivity contribution in [3.05, 3.63) is 57.8 Å². The normalized spacial score (nSPS) is 10.4. The number of hydrogen-bond acceptors (Lipinski definition) is 4. The van der Waals surface area contributed by atoms with E-state index in [1.807, 2.05) is 31.2 Å². The molecule has 0 spiro atoms. The number of carbonyl (C=O) groups is 1. The van der Waals surface area contributed by atoms with Crippen LogP contribution in [0.1, 0.15) is 20.1 Å². The number of ketones is 1. The van der Waals surface area contributed by atoms with Gasteiger partial charge in [0, 0.05) is 15.3 Å². The van der Waals surface area contributed by atoms with Gasteiger partial charge in [-0.3, -0.25) is 4.79 Å². The molecular formula is C16H13NO2S. The van der Waals surface area contributed by atoms with Gasteiger partial charge in [0.15, 0.2) is 12.4 Å². The quantitative estimate of drug-likeness (QED) is 0.618. The molecule has 0 radical (unpaired) electrons. The Balaban J connectivity index is 2.02. The second-order valence-corrected chi connectivity index (χ2v) is 5.44. The lowest BCUT2D eigenvalue weighted by Crippen LogP contribution is -1.96. The molecule has 0 aliphatic carbocycles. The number of nitrogens with zero attached hydrogens (tertiary/aromatic N) is 1. The summed E-state index contributed by atoms with van der Waals surface area (Å²) in [4.78, 5) is 14.3. The lowest BCUT2D eigenvalue weighted by molar-refractivity contribution is 0.104. The van der Waals surface area contributed by atoms with Crippen LogP contribution in [0.5, 0.6) is 5.75 Å². The molecule has 0 saturated heterocycles. The fourth-order valence-electron chi connectivity index (χ4n) is 1.63. The van der Waals surface area contributed by atoms with Gasteiger partial charge in [0.1, 0.15) is 11.8 Å². The van der Waals surface area contributed by atoms with Gasteiger partial charge in [-0.1, -0.05) is 0 Å². The van der Waals surface area contributed by atoms with E-state index in [0.717, 1.165) is 4.88 Å². The molecule has 100 valence electrons. The fourth-order valence-corrected chi connectivity index (χ4v) is 2.41. The van der Waals surface area contributed by atoms with Crippen LogP contribution in [0, 0.1) is 18.3 Å². The van der Waals surface area contributed by atoms with Crippen molar-refractivity contribution < 1.29 is 9.53 Å². The molecule has 0 aliphatic rings. The highest BCUT2D eigenvalue weighted by atomic mass is 32.1. The van der Waals surface area contributed by atoms with E-state index in [0.29, 0.717) is 11.3 Å². The van der Waals surface area contributed by atoms with Crippen molar-refractivity contribution in [2.45, 2.75) is 6.92 Å². The average molecular weight is 283 g/mol. The Morgan fingerprint density at radius 1 is 1.30 bits per heavy atom. The number of nitriles is 1. The summed E-state index contributed by atoms with van der Waals surface area (Å²) in [5.41, 5.74) is 0.596. The Bertz CT molecular complexity index is 663. The molecule has 2 aromatic rings. The monoisotopic (exact) mass is 283 g/mol. The van der Waals surface area contributed by atoms with Gasteiger partial charge in [-0.15, -0.1) is 11.3 Å². The van der Waals surface area contributed by atoms with Crippen LogP contribution >= 0.6 is 11.3 Å². The number of aryl methyl sites for hydroxylation is 1. The van der Waals surface area contributed by atoms with E-state index >= 15 is 0 Å². The summed E-state index contributed by atoms with van der Waals surface area (Å²) >= 11 is 1.65. The fraction of sp³-hybridized carbons (Fsp3) is 0.125. The molecule has 1 heterocycles. The lowest BCUT2D eigenvalue weighted by atomic mass is 10.1. The van der Waals surface area contributed by atoms with Crippen LogP contribution < -0.4 is 4.74 Å². The van der Waals surface area contributed by atoms with Crippen LogP contribution in [-0.2, 0) is 0 Å². The van der Waals surface area contributed by atoms with E-state index in [1.54, 1.807) is 41.7 Å². The molecule has 20 heavy (non-hydrogen) atoms. The average Bonchev–Trinajstić information content (AvgIpc) is 2.89. The van der Waals surface area contributed by atoms with E-state index in [9.17, 15) is 4.79 Å². The van der Waals surface area contributed by atoms with Crippen molar-refractivity contribution in [2.24, 2.45) is 0 Å². The third-order valence-corrected chi connectivity index (χ3v) is 3.57. The highest BCUT2D eigenvalue weighted by Gasteiger charge is 2.02. The SMILES string of the molecule is Cc1ccc(/C=C/C(=O)c2ccc(OCC#N)cc2)s1. The maximum atomic E-state index is 12.0. The van der Waals surface area contributed by atoms with Crippen LogP contribution in [0.3, 0.4) is 0 Å². The molecule has 0 saturated carbocycles. The molecule has 3 nitrogen and oxygen atoms in total. The second kappa shape index (κ2) is 6.69. The first kappa shape index (κ1) is 14.0. The molecule has 0 N–H and O–H groups in total. The summed E-state index contributed by atoms with van der Waals surface area (Å²) in [5, 5.41) is 8.41. The molecule has 0 atom stereocenters. The number of thiophene rings is 1. The van der Waals surface area contributed by atoms with Crippen molar-refractivity contribution in [3.63, 3.8) is 0 Å². The zero-order valence-corrected chi connectivity index (χ0v) is 11.8. The Hall–Kier alpha value is -2.38. The second-order valence-electron chi connectivity index (χ2n) is 4.12. The number of benzene rings is 1. The topological polar surface area (TPSA) is 50.1 Å². The van der Waals surface area contributed by atoms with Gasteiger partial charge in [0.05, 0.1) is 0 Å². The molecule has 0 aliphatic heterocycles. The lowest BCUT2D eigenvalue weighted by Gasteiger charge is -2.01. The summed E-state index contributed by atoms with van der Waals surface area (Å²) in [6.07, 6.45) is 3.39. The molecule has 1 aromatic carbocycles. The van der Waals surface area contributed by atoms with Crippen molar-refractivity contribution in [1.82, 2.24) is 0 Å². The first-order valence-corrected chi connectivity index (χ1v) is 6.89. The number of rotatable bonds is 5. The Morgan fingerprint density at radius 2 is 2.05 bits per heavy atom. The van der Waals surface area contributed by atoms with Crippen molar-refractivity contribution in [3.8, 4) is 11.8 Å². The molecule has 1 aromatic heterocycles. The Labute approximate surface area is 121 Å². The molecule has 4 heteroatoms. The molecule has 0 amide bonds. The van der Waals surface area contributed by atoms with Crippen LogP contribution in [0.4, 0.5) is 0 Å². The molecule has 0 unspecified atom stereocenters. The van der Waals surface area contributed by atoms with Crippen molar-refractivity contribution in [2.75, 3.05) is 6.61 Å². The van der Waals surface area contributed by atoms with Gasteiger partial charge in [-0.2, -0.15) is 5.26 Å². The Kier molecular flexibility index (Phi) is 4.70. The molecule has 2 rings (SSSR count). The standard InChI is InChI=1S/C16H13NO2S/c1-12-2-7-15(20-12)8-9-16(18)13-3-5-14(6-4-13)19-11-10-17/h2-9H,11H2,1H3/b9-8+. The summed E-state index contributed by atoms with van der Waals surface area (Å²) < 4.78 is 5.13. The smallest absolute Gasteiger partial charge is 0.185 e. The summed E-state index contributed by atoms with van der Waals surface area (Å²) in [5.74, 6) is 0.531. The minimum Gasteiger partial charge on any atom is -0.479 e. The maximum absolute atomic E-state index is 12.0. The van der Waals surface area contributed by atoms with Crippen molar-refractivity contribution >= 4 is 23.2 Å². The summed E-state index contributed by atoms with van der Waals surface area (Å²) in [6.45, 7) is 2.04. The van der Waals surface area contributed by atoms with Gasteiger partial charge >= 0.3 is 0 Å². The van der Waals surface area contributed by atoms with Crippen LogP contribution in [0.2, 0.25) is 0 Å². The Morgan fingerprint density at radius 3 is 2.65 bits per heavy atom. The van der Waals surface area contributed by atoms with Gasteiger partial charge in [-0.25, -0.2) is 0 Å². The summed E-state index contributed by atoms with van der Waals surface area (Å²) in [6, 6.07) is 12.7. The minimum atomic E-state index is -0.0529. The van der Waals surface area contributed by atoms with E-state index < -0.39 is 0 Å². The van der Waals surface area contributed by atoms with Crippen LogP contribution in [-0.4, -0.2) is 12.4 Å². The predicted molar refractivity (Wildman–Crippen MR) is 80.0 cm³/mol. The number of carbonyl (C=O) groups excluding carboxylic acids is 1. The van der Waals surface area contributed by atoms with Crippen LogP contribution in [0.25, 0.3) is 6.08 Å². The van der Waals surface area contributed by atoms with Gasteiger partial charge in [0.25, 0.3) is 0 Å². The molecule has 0 fully saturated rings. The van der Waals surface area contributed by atoms with E-state index in [2.05, 4.69) is 0 Å². The molecule has 0 bridgehead atoms. The van der Waals surface area contributed by atoms with Gasteiger partial charge in [-0.05, 0) is 55.5 Å². The minimum absolute atomic E-state index is 0.00489. The van der Waals surface area contributed by atoms with Crippen LogP contribution in [0.15, 0.2) is 42.5 Å². The van der Waals surface area contributed by atoms with E-state index in [1.165, 1.54) is 4.88 Å². The zero-order valence-electron chi connectivity index (χ0n) is 11.0. The number of allylic oxidation sites excluding steroid dienone is 1.